The molecular weight excluding hydrogens is 430 g/mol. The molecule has 1 aromatic rings. The minimum atomic E-state index is -3.84. The zero-order valence-corrected chi connectivity index (χ0v) is 19.5. The van der Waals surface area contributed by atoms with Gasteiger partial charge in [-0.05, 0) is 56.4 Å². The van der Waals surface area contributed by atoms with E-state index in [2.05, 4.69) is 5.32 Å². The van der Waals surface area contributed by atoms with Gasteiger partial charge in [-0.25, -0.2) is 8.42 Å². The van der Waals surface area contributed by atoms with Gasteiger partial charge in [-0.15, -0.1) is 0 Å². The zero-order chi connectivity index (χ0) is 22.9. The number of aryl methyl sites for hydroxylation is 1. The van der Waals surface area contributed by atoms with Crippen molar-refractivity contribution in [1.29, 1.82) is 0 Å². The van der Waals surface area contributed by atoms with Crippen LogP contribution >= 0.6 is 0 Å². The first-order valence-electron chi connectivity index (χ1n) is 11.8. The van der Waals surface area contributed by atoms with E-state index in [4.69, 9.17) is 0 Å². The molecule has 2 aliphatic carbocycles. The molecular formula is C23H33N3O5S. The molecule has 0 unspecified atom stereocenters. The first kappa shape index (κ1) is 23.2. The van der Waals surface area contributed by atoms with E-state index in [9.17, 15) is 23.3 Å². The third-order valence-electron chi connectivity index (χ3n) is 7.71. The number of nitrogens with zero attached hydrogens (tertiary/aromatic N) is 2. The molecule has 0 bridgehead atoms. The molecule has 0 spiro atoms. The summed E-state index contributed by atoms with van der Waals surface area (Å²) in [6.07, 6.45) is 9.54. The molecule has 1 aliphatic heterocycles. The minimum absolute atomic E-state index is 0.0288. The average molecular weight is 464 g/mol. The highest BCUT2D eigenvalue weighted by molar-refractivity contribution is 7.89. The quantitative estimate of drug-likeness (QED) is 0.528. The number of amides is 1. The second-order valence-electron chi connectivity index (χ2n) is 9.71. The van der Waals surface area contributed by atoms with Gasteiger partial charge in [-0.3, -0.25) is 14.9 Å². The number of nitrogens with one attached hydrogen (secondary N) is 1. The molecule has 0 aromatic heterocycles. The minimum Gasteiger partial charge on any atom is -0.353 e. The molecule has 1 saturated heterocycles. The van der Waals surface area contributed by atoms with Crippen molar-refractivity contribution in [3.63, 3.8) is 0 Å². The van der Waals surface area contributed by atoms with Crippen molar-refractivity contribution in [2.24, 2.45) is 17.8 Å². The molecule has 32 heavy (non-hydrogen) atoms. The molecule has 1 aromatic carbocycles. The highest BCUT2D eigenvalue weighted by Crippen LogP contribution is 2.40. The highest BCUT2D eigenvalue weighted by atomic mass is 32.2. The summed E-state index contributed by atoms with van der Waals surface area (Å²) >= 11 is 0. The number of carbonyl (C=O) groups is 1. The largest absolute Gasteiger partial charge is 0.353 e. The van der Waals surface area contributed by atoms with E-state index < -0.39 is 14.9 Å². The Morgan fingerprint density at radius 2 is 1.75 bits per heavy atom. The smallest absolute Gasteiger partial charge is 0.270 e. The van der Waals surface area contributed by atoms with Crippen LogP contribution in [0.15, 0.2) is 23.1 Å². The van der Waals surface area contributed by atoms with E-state index in [1.54, 1.807) is 6.92 Å². The van der Waals surface area contributed by atoms with Crippen LogP contribution in [0.3, 0.4) is 0 Å². The first-order chi connectivity index (χ1) is 15.3. The summed E-state index contributed by atoms with van der Waals surface area (Å²) in [7, 11) is -3.84. The Morgan fingerprint density at radius 3 is 2.44 bits per heavy atom. The standard InChI is InChI=1S/C23H33N3O5S/c1-16-6-9-21(26(28)29)15-22(16)32(30,31)25-12-10-18(11-13-25)23(27)24-20-8-7-17-4-2-3-5-19(17)14-20/h6,9,15,17-20H,2-5,7-8,10-14H2,1H3,(H,24,27)/t17-,19+,20+/m0/s1. The average Bonchev–Trinajstić information content (AvgIpc) is 2.79. The molecule has 1 amide bonds. The van der Waals surface area contributed by atoms with Gasteiger partial charge < -0.3 is 5.32 Å². The predicted molar refractivity (Wildman–Crippen MR) is 121 cm³/mol. The lowest BCUT2D eigenvalue weighted by molar-refractivity contribution is -0.385. The molecule has 9 heteroatoms. The van der Waals surface area contributed by atoms with Crippen molar-refractivity contribution in [1.82, 2.24) is 9.62 Å². The van der Waals surface area contributed by atoms with E-state index in [1.165, 1.54) is 48.5 Å². The van der Waals surface area contributed by atoms with Crippen LogP contribution in [0, 0.1) is 34.8 Å². The van der Waals surface area contributed by atoms with Gasteiger partial charge in [0.05, 0.1) is 9.82 Å². The Kier molecular flexibility index (Phi) is 6.86. The second kappa shape index (κ2) is 9.47. The van der Waals surface area contributed by atoms with Gasteiger partial charge in [-0.1, -0.05) is 31.7 Å². The fourth-order valence-electron chi connectivity index (χ4n) is 5.80. The molecule has 3 atom stereocenters. The van der Waals surface area contributed by atoms with Crippen LogP contribution in [0.5, 0.6) is 0 Å². The Bertz CT molecular complexity index is 972. The van der Waals surface area contributed by atoms with Crippen LogP contribution in [0.4, 0.5) is 5.69 Å². The maximum atomic E-state index is 13.1. The number of nitro benzene ring substituents is 1. The number of hydrogen-bond acceptors (Lipinski definition) is 5. The molecule has 1 N–H and O–H groups in total. The van der Waals surface area contributed by atoms with Gasteiger partial charge in [0.15, 0.2) is 0 Å². The van der Waals surface area contributed by atoms with Crippen molar-refractivity contribution in [2.75, 3.05) is 13.1 Å². The summed E-state index contributed by atoms with van der Waals surface area (Å²) in [4.78, 5) is 23.3. The van der Waals surface area contributed by atoms with Crippen molar-refractivity contribution in [2.45, 2.75) is 75.6 Å². The lowest BCUT2D eigenvalue weighted by Crippen LogP contribution is -2.47. The molecule has 3 aliphatic rings. The predicted octanol–water partition coefficient (Wildman–Crippen LogP) is 3.78. The van der Waals surface area contributed by atoms with Gasteiger partial charge in [0, 0.05) is 37.2 Å². The number of hydrogen-bond donors (Lipinski definition) is 1. The normalized spacial score (nSPS) is 27.5. The summed E-state index contributed by atoms with van der Waals surface area (Å²) < 4.78 is 27.6. The number of carbonyl (C=O) groups excluding carboxylic acids is 1. The van der Waals surface area contributed by atoms with Crippen LogP contribution in [0.25, 0.3) is 0 Å². The summed E-state index contributed by atoms with van der Waals surface area (Å²) in [6.45, 7) is 2.13. The lowest BCUT2D eigenvalue weighted by atomic mass is 9.69. The van der Waals surface area contributed by atoms with E-state index in [1.807, 2.05) is 0 Å². The number of rotatable bonds is 5. The fourth-order valence-corrected chi connectivity index (χ4v) is 7.52. The Morgan fingerprint density at radius 1 is 1.06 bits per heavy atom. The maximum absolute atomic E-state index is 13.1. The Hall–Kier alpha value is -2.00. The fraction of sp³-hybridized carbons (Fsp3) is 0.696. The zero-order valence-electron chi connectivity index (χ0n) is 18.7. The van der Waals surface area contributed by atoms with Gasteiger partial charge in [0.25, 0.3) is 5.69 Å². The Balaban J connectivity index is 1.34. The van der Waals surface area contributed by atoms with Crippen LogP contribution in [0.1, 0.15) is 63.4 Å². The Labute approximate surface area is 190 Å². The van der Waals surface area contributed by atoms with Crippen molar-refractivity contribution in [3.8, 4) is 0 Å². The summed E-state index contributed by atoms with van der Waals surface area (Å²) in [6, 6.07) is 4.15. The number of benzene rings is 1. The summed E-state index contributed by atoms with van der Waals surface area (Å²) in [5.41, 5.74) is 0.241. The van der Waals surface area contributed by atoms with Crippen molar-refractivity contribution >= 4 is 21.6 Å². The first-order valence-corrected chi connectivity index (χ1v) is 13.3. The van der Waals surface area contributed by atoms with E-state index >= 15 is 0 Å². The molecule has 0 radical (unpaired) electrons. The van der Waals surface area contributed by atoms with Crippen LogP contribution < -0.4 is 5.32 Å². The van der Waals surface area contributed by atoms with Crippen molar-refractivity contribution < 1.29 is 18.1 Å². The topological polar surface area (TPSA) is 110 Å². The van der Waals surface area contributed by atoms with Crippen LogP contribution in [-0.2, 0) is 14.8 Å². The number of sulfonamides is 1. The van der Waals surface area contributed by atoms with Gasteiger partial charge in [0.2, 0.25) is 15.9 Å². The summed E-state index contributed by atoms with van der Waals surface area (Å²) in [5.74, 6) is 1.44. The summed E-state index contributed by atoms with van der Waals surface area (Å²) in [5, 5.41) is 14.3. The second-order valence-corrected chi connectivity index (χ2v) is 11.6. The third-order valence-corrected chi connectivity index (χ3v) is 9.75. The van der Waals surface area contributed by atoms with Gasteiger partial charge >= 0.3 is 0 Å². The molecule has 1 heterocycles. The van der Waals surface area contributed by atoms with Gasteiger partial charge in [-0.2, -0.15) is 4.31 Å². The molecule has 4 rings (SSSR count). The van der Waals surface area contributed by atoms with E-state index in [0.29, 0.717) is 18.4 Å². The molecule has 3 fully saturated rings. The molecule has 2 saturated carbocycles. The van der Waals surface area contributed by atoms with Crippen LogP contribution in [0.2, 0.25) is 0 Å². The van der Waals surface area contributed by atoms with Crippen molar-refractivity contribution in [3.05, 3.63) is 33.9 Å². The third kappa shape index (κ3) is 4.83. The number of nitro groups is 1. The molecule has 176 valence electrons. The van der Waals surface area contributed by atoms with Gasteiger partial charge in [0.1, 0.15) is 0 Å². The van der Waals surface area contributed by atoms with E-state index in [0.717, 1.165) is 30.7 Å². The SMILES string of the molecule is Cc1ccc([N+](=O)[O-])cc1S(=O)(=O)N1CCC(C(=O)N[C@@H]2CC[C@@H]3CCCC[C@@H]3C2)CC1. The maximum Gasteiger partial charge on any atom is 0.270 e. The molecule has 8 nitrogen and oxygen atoms in total. The van der Waals surface area contributed by atoms with E-state index in [-0.39, 0.29) is 41.5 Å². The number of fused-ring (bicyclic) bond motifs is 1. The lowest BCUT2D eigenvalue weighted by Gasteiger charge is -2.40. The monoisotopic (exact) mass is 463 g/mol. The number of non-ortho nitro benzene ring substituents is 1. The number of piperidine rings is 1. The highest BCUT2D eigenvalue weighted by Gasteiger charge is 2.36. The van der Waals surface area contributed by atoms with Crippen LogP contribution in [-0.4, -0.2) is 42.7 Å².